The zero-order chi connectivity index (χ0) is 14.8. The predicted molar refractivity (Wildman–Crippen MR) is 86.4 cm³/mol. The van der Waals surface area contributed by atoms with Gasteiger partial charge in [0.15, 0.2) is 5.43 Å². The third-order valence-electron chi connectivity index (χ3n) is 4.44. The van der Waals surface area contributed by atoms with Crippen LogP contribution in [0, 0.1) is 6.92 Å². The molecule has 1 atom stereocenters. The molecule has 2 aromatic rings. The van der Waals surface area contributed by atoms with Crippen molar-refractivity contribution in [2.24, 2.45) is 5.73 Å². The molecule has 4 heteroatoms. The highest BCUT2D eigenvalue weighted by Crippen LogP contribution is 2.19. The van der Waals surface area contributed by atoms with Crippen LogP contribution in [0.5, 0.6) is 0 Å². The summed E-state index contributed by atoms with van der Waals surface area (Å²) in [7, 11) is 0. The summed E-state index contributed by atoms with van der Waals surface area (Å²) in [5.74, 6) is 0. The molecule has 1 fully saturated rings. The summed E-state index contributed by atoms with van der Waals surface area (Å²) < 4.78 is 0. The van der Waals surface area contributed by atoms with Gasteiger partial charge in [0, 0.05) is 41.8 Å². The van der Waals surface area contributed by atoms with Crippen LogP contribution in [0.3, 0.4) is 0 Å². The van der Waals surface area contributed by atoms with Crippen molar-refractivity contribution in [1.29, 1.82) is 0 Å². The summed E-state index contributed by atoms with van der Waals surface area (Å²) in [5, 5.41) is 0.771. The lowest BCUT2D eigenvalue weighted by Gasteiger charge is -2.34. The van der Waals surface area contributed by atoms with Gasteiger partial charge >= 0.3 is 0 Å². The lowest BCUT2D eigenvalue weighted by atomic mass is 10.0. The molecule has 0 aliphatic carbocycles. The van der Waals surface area contributed by atoms with Gasteiger partial charge in [-0.1, -0.05) is 18.1 Å². The minimum absolute atomic E-state index is 0.101. The lowest BCUT2D eigenvalue weighted by Crippen LogP contribution is -2.43. The number of aromatic amines is 1. The van der Waals surface area contributed by atoms with E-state index in [2.05, 4.69) is 9.88 Å². The van der Waals surface area contributed by atoms with Gasteiger partial charge in [-0.2, -0.15) is 0 Å². The molecule has 1 aromatic carbocycles. The van der Waals surface area contributed by atoms with Gasteiger partial charge in [0.05, 0.1) is 0 Å². The number of aromatic nitrogens is 1. The number of aryl methyl sites for hydroxylation is 1. The number of pyridine rings is 1. The van der Waals surface area contributed by atoms with Crippen LogP contribution in [-0.2, 0) is 6.54 Å². The number of likely N-dealkylation sites (tertiary alicyclic amines) is 1. The quantitative estimate of drug-likeness (QED) is 0.908. The van der Waals surface area contributed by atoms with Crippen LogP contribution in [0.4, 0.5) is 0 Å². The maximum atomic E-state index is 12.3. The second-order valence-electron chi connectivity index (χ2n) is 6.06. The van der Waals surface area contributed by atoms with Crippen LogP contribution < -0.4 is 11.2 Å². The third kappa shape index (κ3) is 3.01. The highest BCUT2D eigenvalue weighted by molar-refractivity contribution is 5.79. The molecule has 1 aliphatic rings. The van der Waals surface area contributed by atoms with Crippen molar-refractivity contribution >= 4 is 10.9 Å². The minimum Gasteiger partial charge on any atom is -0.357 e. The van der Waals surface area contributed by atoms with Crippen LogP contribution in [0.2, 0.25) is 0 Å². The zero-order valence-electron chi connectivity index (χ0n) is 12.6. The van der Waals surface area contributed by atoms with Crippen molar-refractivity contribution in [3.8, 4) is 0 Å². The van der Waals surface area contributed by atoms with E-state index in [1.807, 2.05) is 25.1 Å². The Bertz CT molecular complexity index is 692. The van der Waals surface area contributed by atoms with Crippen LogP contribution in [-0.4, -0.2) is 29.0 Å². The molecule has 0 spiro atoms. The Kier molecular flexibility index (Phi) is 4.08. The Morgan fingerprint density at radius 3 is 3.00 bits per heavy atom. The number of hydrogen-bond donors (Lipinski definition) is 2. The highest BCUT2D eigenvalue weighted by atomic mass is 16.1. The van der Waals surface area contributed by atoms with Crippen molar-refractivity contribution in [3.05, 3.63) is 45.7 Å². The van der Waals surface area contributed by atoms with Crippen LogP contribution in [0.15, 0.2) is 29.1 Å². The molecule has 4 nitrogen and oxygen atoms in total. The Morgan fingerprint density at radius 1 is 1.33 bits per heavy atom. The van der Waals surface area contributed by atoms with Gasteiger partial charge in [0.1, 0.15) is 0 Å². The van der Waals surface area contributed by atoms with Gasteiger partial charge in [-0.15, -0.1) is 0 Å². The Labute approximate surface area is 125 Å². The van der Waals surface area contributed by atoms with E-state index < -0.39 is 0 Å². The first-order valence-electron chi connectivity index (χ1n) is 7.74. The van der Waals surface area contributed by atoms with Crippen molar-refractivity contribution in [3.63, 3.8) is 0 Å². The van der Waals surface area contributed by atoms with Gasteiger partial charge in [-0.3, -0.25) is 9.69 Å². The number of H-pyrrole nitrogens is 1. The van der Waals surface area contributed by atoms with E-state index in [1.54, 1.807) is 6.07 Å². The molecular weight excluding hydrogens is 262 g/mol. The van der Waals surface area contributed by atoms with Crippen LogP contribution >= 0.6 is 0 Å². The predicted octanol–water partition coefficient (Wildman–Crippen LogP) is 2.15. The van der Waals surface area contributed by atoms with E-state index >= 15 is 0 Å². The molecule has 1 aliphatic heterocycles. The molecule has 21 heavy (non-hydrogen) atoms. The average Bonchev–Trinajstić information content (AvgIpc) is 2.49. The zero-order valence-corrected chi connectivity index (χ0v) is 12.6. The molecule has 3 rings (SSSR count). The van der Waals surface area contributed by atoms with Gasteiger partial charge in [-0.25, -0.2) is 0 Å². The number of piperidine rings is 1. The second-order valence-corrected chi connectivity index (χ2v) is 6.06. The molecule has 1 aromatic heterocycles. The van der Waals surface area contributed by atoms with E-state index in [4.69, 9.17) is 5.73 Å². The molecule has 3 N–H and O–H groups in total. The number of nitrogens with one attached hydrogen (secondary N) is 1. The molecule has 0 amide bonds. The van der Waals surface area contributed by atoms with Crippen LogP contribution in [0.1, 0.15) is 30.5 Å². The molecule has 0 unspecified atom stereocenters. The topological polar surface area (TPSA) is 62.1 Å². The van der Waals surface area contributed by atoms with Gasteiger partial charge in [-0.05, 0) is 38.4 Å². The Balaban J connectivity index is 1.90. The molecule has 1 saturated heterocycles. The number of nitrogens with zero attached hydrogens (tertiary/aromatic N) is 1. The van der Waals surface area contributed by atoms with Crippen molar-refractivity contribution in [2.45, 2.75) is 38.8 Å². The van der Waals surface area contributed by atoms with Gasteiger partial charge in [0.2, 0.25) is 0 Å². The fraction of sp³-hybridized carbons (Fsp3) is 0.471. The number of benzene rings is 1. The normalized spacial score (nSPS) is 20.0. The van der Waals surface area contributed by atoms with E-state index in [0.29, 0.717) is 12.6 Å². The molecule has 0 saturated carbocycles. The second kappa shape index (κ2) is 6.00. The number of rotatable bonds is 3. The molecule has 112 valence electrons. The van der Waals surface area contributed by atoms with E-state index in [9.17, 15) is 4.79 Å². The van der Waals surface area contributed by atoms with Gasteiger partial charge in [0.25, 0.3) is 0 Å². The van der Waals surface area contributed by atoms with E-state index in [1.165, 1.54) is 12.8 Å². The standard InChI is InChI=1S/C17H23N3O/c1-12-5-6-16-15(8-12)17(21)9-13(19-16)11-20-7-3-2-4-14(20)10-18/h5-6,8-9,14H,2-4,7,10-11,18H2,1H3,(H,19,21)/t14-/m0/s1. The maximum Gasteiger partial charge on any atom is 0.189 e. The van der Waals surface area contributed by atoms with Crippen LogP contribution in [0.25, 0.3) is 10.9 Å². The summed E-state index contributed by atoms with van der Waals surface area (Å²) in [6.07, 6.45) is 3.63. The fourth-order valence-electron chi connectivity index (χ4n) is 3.26. The molecule has 0 radical (unpaired) electrons. The summed E-state index contributed by atoms with van der Waals surface area (Å²) in [6, 6.07) is 8.15. The maximum absolute atomic E-state index is 12.3. The van der Waals surface area contributed by atoms with E-state index in [-0.39, 0.29) is 5.43 Å². The smallest absolute Gasteiger partial charge is 0.189 e. The minimum atomic E-state index is 0.101. The largest absolute Gasteiger partial charge is 0.357 e. The molecule has 2 heterocycles. The monoisotopic (exact) mass is 285 g/mol. The van der Waals surface area contributed by atoms with E-state index in [0.717, 1.165) is 41.7 Å². The first-order valence-corrected chi connectivity index (χ1v) is 7.74. The SMILES string of the molecule is Cc1ccc2[nH]c(CN3CCCC[C@H]3CN)cc(=O)c2c1. The number of hydrogen-bond acceptors (Lipinski definition) is 3. The number of nitrogens with two attached hydrogens (primary N) is 1. The van der Waals surface area contributed by atoms with Crippen molar-refractivity contribution in [1.82, 2.24) is 9.88 Å². The first-order chi connectivity index (χ1) is 10.2. The van der Waals surface area contributed by atoms with Gasteiger partial charge < -0.3 is 10.7 Å². The lowest BCUT2D eigenvalue weighted by molar-refractivity contribution is 0.143. The fourth-order valence-corrected chi connectivity index (χ4v) is 3.26. The number of fused-ring (bicyclic) bond motifs is 1. The summed E-state index contributed by atoms with van der Waals surface area (Å²) in [4.78, 5) is 18.1. The summed E-state index contributed by atoms with van der Waals surface area (Å²) in [5.41, 5.74) is 8.99. The Hall–Kier alpha value is -1.65. The molecule has 0 bridgehead atoms. The Morgan fingerprint density at radius 2 is 2.19 bits per heavy atom. The highest BCUT2D eigenvalue weighted by Gasteiger charge is 2.21. The summed E-state index contributed by atoms with van der Waals surface area (Å²) >= 11 is 0. The first kappa shape index (κ1) is 14.3. The van der Waals surface area contributed by atoms with Crippen molar-refractivity contribution < 1.29 is 0 Å². The third-order valence-corrected chi connectivity index (χ3v) is 4.44. The summed E-state index contributed by atoms with van der Waals surface area (Å²) in [6.45, 7) is 4.54. The average molecular weight is 285 g/mol. The molecular formula is C17H23N3O. The van der Waals surface area contributed by atoms with Crippen molar-refractivity contribution in [2.75, 3.05) is 13.1 Å².